The predicted molar refractivity (Wildman–Crippen MR) is 87.7 cm³/mol. The summed E-state index contributed by atoms with van der Waals surface area (Å²) in [4.78, 5) is 0. The number of aromatic nitrogens is 2. The third-order valence-corrected chi connectivity index (χ3v) is 19.7. The van der Waals surface area contributed by atoms with Crippen molar-refractivity contribution in [2.75, 3.05) is 0 Å². The van der Waals surface area contributed by atoms with Crippen molar-refractivity contribution in [3.05, 3.63) is 12.4 Å². The Kier molecular flexibility index (Phi) is 6.05. The standard InChI is InChI=1S/C4H5N2.3C4H9.Sn/c1-6-4-2-3-5-6;3*1-3-4-2;/h3-4H,1H3;3*1,3-4H2,2H3;/i1D3;;;;. The summed E-state index contributed by atoms with van der Waals surface area (Å²) in [6.45, 7) is 4.61. The van der Waals surface area contributed by atoms with Crippen LogP contribution in [-0.2, 0) is 6.98 Å². The number of unbranched alkanes of at least 4 members (excludes halogenated alkanes) is 3. The third-order valence-electron chi connectivity index (χ3n) is 4.22. The van der Waals surface area contributed by atoms with Gasteiger partial charge >= 0.3 is 128 Å². The normalized spacial score (nSPS) is 15.0. The molecule has 0 atom stereocenters. The van der Waals surface area contributed by atoms with Crippen LogP contribution in [0.2, 0.25) is 13.3 Å². The molecule has 0 aromatic carbocycles. The van der Waals surface area contributed by atoms with Crippen LogP contribution in [0, 0.1) is 0 Å². The molecular weight excluding hydrogens is 339 g/mol. The van der Waals surface area contributed by atoms with E-state index in [0.29, 0.717) is 0 Å². The summed E-state index contributed by atoms with van der Waals surface area (Å²) < 4.78 is 29.3. The summed E-state index contributed by atoms with van der Waals surface area (Å²) in [5.74, 6) is 0. The van der Waals surface area contributed by atoms with Gasteiger partial charge in [-0.25, -0.2) is 0 Å². The average Bonchev–Trinajstić information content (AvgIpc) is 2.97. The van der Waals surface area contributed by atoms with Crippen LogP contribution in [0.25, 0.3) is 0 Å². The molecule has 19 heavy (non-hydrogen) atoms. The quantitative estimate of drug-likeness (QED) is 0.553. The number of hydrogen-bond donors (Lipinski definition) is 0. The van der Waals surface area contributed by atoms with E-state index in [1.54, 1.807) is 0 Å². The van der Waals surface area contributed by atoms with Crippen molar-refractivity contribution < 1.29 is 4.11 Å². The molecule has 0 unspecified atom stereocenters. The molecule has 2 nitrogen and oxygen atoms in total. The van der Waals surface area contributed by atoms with E-state index in [9.17, 15) is 0 Å². The van der Waals surface area contributed by atoms with E-state index >= 15 is 0 Å². The Labute approximate surface area is 128 Å². The van der Waals surface area contributed by atoms with Gasteiger partial charge in [0.25, 0.3) is 0 Å². The van der Waals surface area contributed by atoms with Gasteiger partial charge in [0.1, 0.15) is 0 Å². The number of hydrogen-bond acceptors (Lipinski definition) is 1. The second kappa shape index (κ2) is 9.04. The SMILES string of the molecule is [2H]C([2H])([2H])n1c[c]([Sn]([CH2]CCC)([CH2]CCC)[CH2]CCC)cn1. The summed E-state index contributed by atoms with van der Waals surface area (Å²) in [5.41, 5.74) is 0. The predicted octanol–water partition coefficient (Wildman–Crippen LogP) is 4.48. The fourth-order valence-electron chi connectivity index (χ4n) is 2.95. The summed E-state index contributed by atoms with van der Waals surface area (Å²) in [6, 6.07) is 0. The Morgan fingerprint density at radius 3 is 1.95 bits per heavy atom. The van der Waals surface area contributed by atoms with E-state index in [-0.39, 0.29) is 0 Å². The number of nitrogens with zero attached hydrogens (tertiary/aromatic N) is 2. The molecule has 0 fully saturated rings. The van der Waals surface area contributed by atoms with Crippen molar-refractivity contribution in [2.24, 2.45) is 6.98 Å². The Morgan fingerprint density at radius 2 is 1.58 bits per heavy atom. The molecule has 0 aliphatic heterocycles. The summed E-state index contributed by atoms with van der Waals surface area (Å²) in [5, 5.41) is 4.18. The van der Waals surface area contributed by atoms with Gasteiger partial charge in [-0.1, -0.05) is 0 Å². The van der Waals surface area contributed by atoms with Crippen LogP contribution in [0.15, 0.2) is 12.4 Å². The molecule has 0 aliphatic carbocycles. The van der Waals surface area contributed by atoms with Crippen LogP contribution in [0.3, 0.4) is 0 Å². The summed E-state index contributed by atoms with van der Waals surface area (Å²) in [6.07, 6.45) is 11.3. The molecular formula is C16H32N2Sn. The van der Waals surface area contributed by atoms with Crippen LogP contribution in [0.5, 0.6) is 0 Å². The van der Waals surface area contributed by atoms with Gasteiger partial charge < -0.3 is 0 Å². The average molecular weight is 374 g/mol. The maximum absolute atomic E-state index is 7.56. The van der Waals surface area contributed by atoms with Gasteiger partial charge in [0.2, 0.25) is 0 Å². The van der Waals surface area contributed by atoms with Gasteiger partial charge in [-0.2, -0.15) is 0 Å². The van der Waals surface area contributed by atoms with Gasteiger partial charge in [0.15, 0.2) is 0 Å². The molecule has 0 N–H and O–H groups in total. The molecule has 0 aliphatic rings. The minimum atomic E-state index is -2.51. The fraction of sp³-hybridized carbons (Fsp3) is 0.812. The van der Waals surface area contributed by atoms with Gasteiger partial charge in [-0.15, -0.1) is 0 Å². The second-order valence-electron chi connectivity index (χ2n) is 5.76. The molecule has 110 valence electrons. The number of rotatable bonds is 10. The Bertz CT molecular complexity index is 407. The molecule has 1 rings (SSSR count). The van der Waals surface area contributed by atoms with Gasteiger partial charge in [-0.05, 0) is 0 Å². The first-order valence-electron chi connectivity index (χ1n) is 9.45. The zero-order valence-electron chi connectivity index (χ0n) is 15.9. The van der Waals surface area contributed by atoms with Crippen molar-refractivity contribution >= 4 is 22.0 Å². The van der Waals surface area contributed by atoms with Crippen molar-refractivity contribution in [3.63, 3.8) is 0 Å². The van der Waals surface area contributed by atoms with Gasteiger partial charge in [0, 0.05) is 0 Å². The molecule has 0 saturated heterocycles. The zero-order chi connectivity index (χ0) is 16.6. The summed E-state index contributed by atoms with van der Waals surface area (Å²) >= 11 is -2.51. The minimum absolute atomic E-state index is 1.21. The fourth-order valence-corrected chi connectivity index (χ4v) is 18.5. The van der Waals surface area contributed by atoms with Crippen LogP contribution in [0.4, 0.5) is 0 Å². The number of aryl methyl sites for hydroxylation is 1. The molecule has 0 bridgehead atoms. The molecule has 1 aromatic heterocycles. The first kappa shape index (κ1) is 12.7. The van der Waals surface area contributed by atoms with E-state index in [2.05, 4.69) is 25.9 Å². The van der Waals surface area contributed by atoms with E-state index in [4.69, 9.17) is 4.11 Å². The van der Waals surface area contributed by atoms with Crippen molar-refractivity contribution in [2.45, 2.75) is 72.6 Å². The van der Waals surface area contributed by atoms with Crippen LogP contribution < -0.4 is 3.58 Å². The Hall–Kier alpha value is 0.00870. The van der Waals surface area contributed by atoms with Crippen molar-refractivity contribution in [1.82, 2.24) is 9.78 Å². The van der Waals surface area contributed by atoms with Crippen LogP contribution >= 0.6 is 0 Å². The van der Waals surface area contributed by atoms with Crippen molar-refractivity contribution in [3.8, 4) is 0 Å². The Balaban J connectivity index is 3.10. The topological polar surface area (TPSA) is 17.8 Å². The van der Waals surface area contributed by atoms with Crippen molar-refractivity contribution in [1.29, 1.82) is 0 Å². The maximum atomic E-state index is 7.56. The molecule has 0 radical (unpaired) electrons. The van der Waals surface area contributed by atoms with Gasteiger partial charge in [-0.3, -0.25) is 0 Å². The summed E-state index contributed by atoms with van der Waals surface area (Å²) in [7, 11) is 0. The molecule has 0 saturated carbocycles. The monoisotopic (exact) mass is 375 g/mol. The first-order valence-corrected chi connectivity index (χ1v) is 15.4. The first-order chi connectivity index (χ1) is 10.4. The van der Waals surface area contributed by atoms with E-state index in [1.165, 1.54) is 60.1 Å². The van der Waals surface area contributed by atoms with E-state index in [1.807, 2.05) is 12.4 Å². The zero-order valence-corrected chi connectivity index (χ0v) is 15.8. The van der Waals surface area contributed by atoms with E-state index < -0.39 is 25.4 Å². The molecule has 3 heteroatoms. The van der Waals surface area contributed by atoms with E-state index in [0.717, 1.165) is 0 Å². The third kappa shape index (κ3) is 5.13. The second-order valence-corrected chi connectivity index (χ2v) is 19.0. The van der Waals surface area contributed by atoms with Crippen LogP contribution in [-0.4, -0.2) is 28.2 Å². The molecule has 1 heterocycles. The van der Waals surface area contributed by atoms with Crippen LogP contribution in [0.1, 0.15) is 63.4 Å². The molecule has 0 spiro atoms. The molecule has 1 aromatic rings. The van der Waals surface area contributed by atoms with Gasteiger partial charge in [0.05, 0.1) is 0 Å². The molecule has 0 amide bonds. The Morgan fingerprint density at radius 1 is 1.05 bits per heavy atom.